The Morgan fingerprint density at radius 1 is 1.10 bits per heavy atom. The lowest BCUT2D eigenvalue weighted by Gasteiger charge is -2.14. The average Bonchev–Trinajstić information content (AvgIpc) is 2.94. The lowest BCUT2D eigenvalue weighted by Crippen LogP contribution is -2.08. The van der Waals surface area contributed by atoms with Crippen LogP contribution in [0.2, 0.25) is 0 Å². The standard InChI is InChI=1S/C16H14N2O2/c1-11-2-5-13(6-3-11)18-14(9-17)12-4-7-15-16(8-12)20-10-19-15/h2-8,14,18H,10H2,1H3. The summed E-state index contributed by atoms with van der Waals surface area (Å²) in [5, 5.41) is 12.6. The molecule has 1 aliphatic heterocycles. The average molecular weight is 266 g/mol. The first kappa shape index (κ1) is 12.4. The van der Waals surface area contributed by atoms with E-state index in [1.54, 1.807) is 0 Å². The van der Waals surface area contributed by atoms with Gasteiger partial charge in [-0.25, -0.2) is 0 Å². The van der Waals surface area contributed by atoms with Crippen molar-refractivity contribution in [3.8, 4) is 17.6 Å². The van der Waals surface area contributed by atoms with Gasteiger partial charge in [0, 0.05) is 5.69 Å². The predicted molar refractivity (Wildman–Crippen MR) is 75.7 cm³/mol. The second kappa shape index (κ2) is 5.14. The largest absolute Gasteiger partial charge is 0.454 e. The quantitative estimate of drug-likeness (QED) is 0.925. The van der Waals surface area contributed by atoms with E-state index in [4.69, 9.17) is 9.47 Å². The second-order valence-electron chi connectivity index (χ2n) is 4.69. The topological polar surface area (TPSA) is 54.3 Å². The van der Waals surface area contributed by atoms with Gasteiger partial charge in [-0.15, -0.1) is 0 Å². The molecule has 2 aromatic carbocycles. The molecule has 0 saturated carbocycles. The predicted octanol–water partition coefficient (Wildman–Crippen LogP) is 3.40. The summed E-state index contributed by atoms with van der Waals surface area (Å²) < 4.78 is 10.6. The van der Waals surface area contributed by atoms with Gasteiger partial charge < -0.3 is 14.8 Å². The number of ether oxygens (including phenoxy) is 2. The highest BCUT2D eigenvalue weighted by Crippen LogP contribution is 2.34. The van der Waals surface area contributed by atoms with Crippen molar-refractivity contribution in [2.75, 3.05) is 12.1 Å². The number of rotatable bonds is 3. The van der Waals surface area contributed by atoms with Gasteiger partial charge in [0.1, 0.15) is 6.04 Å². The van der Waals surface area contributed by atoms with Crippen LogP contribution in [0.1, 0.15) is 17.2 Å². The normalized spacial score (nSPS) is 13.6. The van der Waals surface area contributed by atoms with Crippen molar-refractivity contribution in [3.63, 3.8) is 0 Å². The van der Waals surface area contributed by atoms with E-state index in [1.165, 1.54) is 5.56 Å². The van der Waals surface area contributed by atoms with Crippen LogP contribution in [0.5, 0.6) is 11.5 Å². The summed E-state index contributed by atoms with van der Waals surface area (Å²) in [4.78, 5) is 0. The molecule has 100 valence electrons. The Morgan fingerprint density at radius 2 is 1.85 bits per heavy atom. The molecule has 1 N–H and O–H groups in total. The van der Waals surface area contributed by atoms with Crippen LogP contribution in [0.4, 0.5) is 5.69 Å². The summed E-state index contributed by atoms with van der Waals surface area (Å²) in [6.07, 6.45) is 0. The van der Waals surface area contributed by atoms with Gasteiger partial charge in [0.25, 0.3) is 0 Å². The number of hydrogen-bond donors (Lipinski definition) is 1. The molecule has 0 fully saturated rings. The Bertz CT molecular complexity index is 659. The van der Waals surface area contributed by atoms with Gasteiger partial charge in [0.2, 0.25) is 6.79 Å². The van der Waals surface area contributed by atoms with Gasteiger partial charge in [0.15, 0.2) is 11.5 Å². The number of hydrogen-bond acceptors (Lipinski definition) is 4. The smallest absolute Gasteiger partial charge is 0.231 e. The van der Waals surface area contributed by atoms with Crippen LogP contribution in [0.3, 0.4) is 0 Å². The summed E-state index contributed by atoms with van der Waals surface area (Å²) in [6.45, 7) is 2.27. The third-order valence-electron chi connectivity index (χ3n) is 3.22. The van der Waals surface area contributed by atoms with Gasteiger partial charge in [0.05, 0.1) is 6.07 Å². The van der Waals surface area contributed by atoms with Crippen LogP contribution < -0.4 is 14.8 Å². The Balaban J connectivity index is 1.83. The fourth-order valence-corrected chi connectivity index (χ4v) is 2.10. The molecular formula is C16H14N2O2. The maximum Gasteiger partial charge on any atom is 0.231 e. The molecule has 2 aromatic rings. The molecule has 0 aromatic heterocycles. The summed E-state index contributed by atoms with van der Waals surface area (Å²) in [5.74, 6) is 1.41. The molecule has 0 spiro atoms. The van der Waals surface area contributed by atoms with Crippen LogP contribution in [0, 0.1) is 18.3 Å². The number of nitriles is 1. The van der Waals surface area contributed by atoms with Crippen molar-refractivity contribution in [2.24, 2.45) is 0 Å². The van der Waals surface area contributed by atoms with Crippen LogP contribution in [0.15, 0.2) is 42.5 Å². The summed E-state index contributed by atoms with van der Waals surface area (Å²) in [6, 6.07) is 15.3. The molecule has 0 saturated heterocycles. The third kappa shape index (κ3) is 2.39. The number of nitrogens with one attached hydrogen (secondary N) is 1. The molecule has 1 aliphatic rings. The maximum absolute atomic E-state index is 9.36. The molecule has 0 radical (unpaired) electrons. The molecule has 1 atom stereocenters. The van der Waals surface area contributed by atoms with E-state index in [9.17, 15) is 5.26 Å². The van der Waals surface area contributed by atoms with E-state index >= 15 is 0 Å². The molecule has 20 heavy (non-hydrogen) atoms. The molecule has 1 heterocycles. The van der Waals surface area contributed by atoms with E-state index < -0.39 is 6.04 Å². The minimum absolute atomic E-state index is 0.237. The SMILES string of the molecule is Cc1ccc(NC(C#N)c2ccc3c(c2)OCO3)cc1. The minimum atomic E-state index is -0.424. The Kier molecular flexibility index (Phi) is 3.18. The lowest BCUT2D eigenvalue weighted by molar-refractivity contribution is 0.174. The zero-order valence-electron chi connectivity index (χ0n) is 11.1. The molecular weight excluding hydrogens is 252 g/mol. The van der Waals surface area contributed by atoms with Crippen molar-refractivity contribution in [1.29, 1.82) is 5.26 Å². The second-order valence-corrected chi connectivity index (χ2v) is 4.69. The van der Waals surface area contributed by atoms with Gasteiger partial charge in [-0.1, -0.05) is 23.8 Å². The van der Waals surface area contributed by atoms with E-state index in [1.807, 2.05) is 49.4 Å². The molecule has 0 amide bonds. The van der Waals surface area contributed by atoms with Crippen LogP contribution in [-0.4, -0.2) is 6.79 Å². The zero-order chi connectivity index (χ0) is 13.9. The molecule has 0 aliphatic carbocycles. The number of anilines is 1. The highest BCUT2D eigenvalue weighted by atomic mass is 16.7. The monoisotopic (exact) mass is 266 g/mol. The Labute approximate surface area is 117 Å². The molecule has 1 unspecified atom stereocenters. The summed E-state index contributed by atoms with van der Waals surface area (Å²) in [5.41, 5.74) is 2.96. The van der Waals surface area contributed by atoms with Gasteiger partial charge in [-0.2, -0.15) is 5.26 Å². The first-order chi connectivity index (χ1) is 9.76. The van der Waals surface area contributed by atoms with Crippen molar-refractivity contribution >= 4 is 5.69 Å². The fraction of sp³-hybridized carbons (Fsp3) is 0.188. The highest BCUT2D eigenvalue weighted by molar-refractivity contribution is 5.51. The lowest BCUT2D eigenvalue weighted by atomic mass is 10.1. The van der Waals surface area contributed by atoms with Crippen molar-refractivity contribution in [3.05, 3.63) is 53.6 Å². The van der Waals surface area contributed by atoms with E-state index in [0.29, 0.717) is 5.75 Å². The summed E-state index contributed by atoms with van der Waals surface area (Å²) >= 11 is 0. The van der Waals surface area contributed by atoms with Crippen molar-refractivity contribution < 1.29 is 9.47 Å². The molecule has 4 nitrogen and oxygen atoms in total. The number of nitrogens with zero attached hydrogens (tertiary/aromatic N) is 1. The zero-order valence-corrected chi connectivity index (χ0v) is 11.1. The number of aryl methyl sites for hydroxylation is 1. The number of benzene rings is 2. The van der Waals surface area contributed by atoms with Gasteiger partial charge >= 0.3 is 0 Å². The fourth-order valence-electron chi connectivity index (χ4n) is 2.10. The number of fused-ring (bicyclic) bond motifs is 1. The van der Waals surface area contributed by atoms with Gasteiger partial charge in [-0.3, -0.25) is 0 Å². The van der Waals surface area contributed by atoms with Crippen molar-refractivity contribution in [1.82, 2.24) is 0 Å². The summed E-state index contributed by atoms with van der Waals surface area (Å²) in [7, 11) is 0. The van der Waals surface area contributed by atoms with E-state index in [0.717, 1.165) is 17.0 Å². The van der Waals surface area contributed by atoms with Crippen molar-refractivity contribution in [2.45, 2.75) is 13.0 Å². The third-order valence-corrected chi connectivity index (χ3v) is 3.22. The van der Waals surface area contributed by atoms with Crippen LogP contribution in [0.25, 0.3) is 0 Å². The minimum Gasteiger partial charge on any atom is -0.454 e. The van der Waals surface area contributed by atoms with Gasteiger partial charge in [-0.05, 0) is 36.8 Å². The molecule has 4 heteroatoms. The van der Waals surface area contributed by atoms with E-state index in [-0.39, 0.29) is 6.79 Å². The maximum atomic E-state index is 9.36. The first-order valence-electron chi connectivity index (χ1n) is 6.38. The molecule has 0 bridgehead atoms. The highest BCUT2D eigenvalue weighted by Gasteiger charge is 2.17. The van der Waals surface area contributed by atoms with Crippen LogP contribution in [-0.2, 0) is 0 Å². The Hall–Kier alpha value is -2.67. The Morgan fingerprint density at radius 3 is 2.60 bits per heavy atom. The van der Waals surface area contributed by atoms with Crippen LogP contribution >= 0.6 is 0 Å². The first-order valence-corrected chi connectivity index (χ1v) is 6.38. The molecule has 3 rings (SSSR count). The van der Waals surface area contributed by atoms with E-state index in [2.05, 4.69) is 11.4 Å².